The fraction of sp³-hybridized carbons (Fsp3) is 0.778. The summed E-state index contributed by atoms with van der Waals surface area (Å²) in [4.78, 5) is 22.4. The Morgan fingerprint density at radius 2 is 2.00 bits per heavy atom. The van der Waals surface area contributed by atoms with E-state index in [2.05, 4.69) is 5.32 Å². The summed E-state index contributed by atoms with van der Waals surface area (Å²) in [7, 11) is 0. The third-order valence-corrected chi connectivity index (χ3v) is 2.35. The minimum absolute atomic E-state index is 0.00880. The molecule has 13 heavy (non-hydrogen) atoms. The lowest BCUT2D eigenvalue weighted by Crippen LogP contribution is -2.65. The fourth-order valence-electron chi connectivity index (χ4n) is 1.50. The summed E-state index contributed by atoms with van der Waals surface area (Å²) < 4.78 is 0. The second-order valence-corrected chi connectivity index (χ2v) is 3.81. The van der Waals surface area contributed by atoms with E-state index < -0.39 is 18.1 Å². The molecule has 1 saturated heterocycles. The van der Waals surface area contributed by atoms with Gasteiger partial charge in [-0.1, -0.05) is 13.8 Å². The molecule has 3 unspecified atom stereocenters. The van der Waals surface area contributed by atoms with E-state index in [0.29, 0.717) is 0 Å². The molecule has 1 fully saturated rings. The lowest BCUT2D eigenvalue weighted by molar-refractivity contribution is -0.148. The highest BCUT2D eigenvalue weighted by atomic mass is 16.3. The van der Waals surface area contributed by atoms with Gasteiger partial charge in [-0.15, -0.1) is 0 Å². The molecule has 0 aromatic heterocycles. The molecule has 74 valence electrons. The molecule has 0 aromatic rings. The van der Waals surface area contributed by atoms with Crippen LogP contribution in [0.3, 0.4) is 0 Å². The number of ketones is 1. The molecule has 1 rings (SSSR count). The normalized spacial score (nSPS) is 29.5. The Morgan fingerprint density at radius 1 is 1.46 bits per heavy atom. The van der Waals surface area contributed by atoms with Crippen molar-refractivity contribution in [2.75, 3.05) is 0 Å². The number of β-lactam (4-membered cyclic amide) rings is 1. The number of rotatable bonds is 3. The Hall–Kier alpha value is -0.900. The number of carbonyl (C=O) groups is 2. The van der Waals surface area contributed by atoms with E-state index in [4.69, 9.17) is 0 Å². The van der Waals surface area contributed by atoms with Crippen molar-refractivity contribution in [1.82, 2.24) is 5.32 Å². The van der Waals surface area contributed by atoms with Crippen molar-refractivity contribution < 1.29 is 14.7 Å². The smallest absolute Gasteiger partial charge is 0.228 e. The molecule has 1 aliphatic rings. The molecule has 1 amide bonds. The molecule has 1 heterocycles. The number of Topliss-reactive ketones (excluding diaryl/α,β-unsaturated/α-hetero) is 1. The van der Waals surface area contributed by atoms with Crippen molar-refractivity contribution in [3.63, 3.8) is 0 Å². The topological polar surface area (TPSA) is 66.4 Å². The molecule has 0 aromatic carbocycles. The van der Waals surface area contributed by atoms with Crippen molar-refractivity contribution in [3.05, 3.63) is 0 Å². The number of nitrogens with one attached hydrogen (secondary N) is 1. The molecule has 4 nitrogen and oxygen atoms in total. The highest BCUT2D eigenvalue weighted by Crippen LogP contribution is 2.22. The molecule has 0 bridgehead atoms. The third kappa shape index (κ3) is 1.72. The Labute approximate surface area is 77.3 Å². The quantitative estimate of drug-likeness (QED) is 0.594. The van der Waals surface area contributed by atoms with E-state index in [1.807, 2.05) is 0 Å². The average Bonchev–Trinajstić information content (AvgIpc) is 1.97. The van der Waals surface area contributed by atoms with Crippen LogP contribution in [0.4, 0.5) is 0 Å². The summed E-state index contributed by atoms with van der Waals surface area (Å²) in [6.07, 6.45) is -0.749. The second-order valence-electron chi connectivity index (χ2n) is 3.81. The van der Waals surface area contributed by atoms with Crippen LogP contribution in [-0.2, 0) is 9.59 Å². The number of carbonyl (C=O) groups excluding carboxylic acids is 2. The van der Waals surface area contributed by atoms with Gasteiger partial charge in [-0.25, -0.2) is 0 Å². The van der Waals surface area contributed by atoms with Crippen molar-refractivity contribution in [3.8, 4) is 0 Å². The van der Waals surface area contributed by atoms with E-state index in [9.17, 15) is 14.7 Å². The number of hydrogen-bond acceptors (Lipinski definition) is 3. The van der Waals surface area contributed by atoms with Gasteiger partial charge in [0.1, 0.15) is 6.04 Å². The zero-order valence-corrected chi connectivity index (χ0v) is 8.07. The summed E-state index contributed by atoms with van der Waals surface area (Å²) in [5.74, 6) is -0.888. The first-order chi connectivity index (χ1) is 5.95. The average molecular weight is 185 g/mol. The lowest BCUT2D eigenvalue weighted by Gasteiger charge is -2.38. The molecule has 0 aliphatic carbocycles. The van der Waals surface area contributed by atoms with E-state index in [1.165, 1.54) is 6.92 Å². The summed E-state index contributed by atoms with van der Waals surface area (Å²) in [5.41, 5.74) is 0. The molecular weight excluding hydrogens is 170 g/mol. The van der Waals surface area contributed by atoms with Crippen molar-refractivity contribution >= 4 is 11.7 Å². The maximum atomic E-state index is 11.5. The molecule has 0 spiro atoms. The van der Waals surface area contributed by atoms with Crippen LogP contribution in [-0.4, -0.2) is 28.9 Å². The SMILES string of the molecule is CC(C)C(=O)C1NC(=O)C1C(C)O. The van der Waals surface area contributed by atoms with E-state index in [1.54, 1.807) is 13.8 Å². The van der Waals surface area contributed by atoms with Gasteiger partial charge in [0.15, 0.2) is 5.78 Å². The zero-order chi connectivity index (χ0) is 10.2. The van der Waals surface area contributed by atoms with Crippen molar-refractivity contribution in [1.29, 1.82) is 0 Å². The van der Waals surface area contributed by atoms with E-state index >= 15 is 0 Å². The lowest BCUT2D eigenvalue weighted by atomic mass is 9.80. The number of aliphatic hydroxyl groups excluding tert-OH is 1. The molecule has 3 atom stereocenters. The Bertz CT molecular complexity index is 235. The maximum Gasteiger partial charge on any atom is 0.228 e. The van der Waals surface area contributed by atoms with Gasteiger partial charge in [0.25, 0.3) is 0 Å². The Balaban J connectivity index is 2.64. The summed E-state index contributed by atoms with van der Waals surface area (Å²) >= 11 is 0. The van der Waals surface area contributed by atoms with Crippen LogP contribution in [0.2, 0.25) is 0 Å². The van der Waals surface area contributed by atoms with Crippen LogP contribution in [0.25, 0.3) is 0 Å². The first-order valence-corrected chi connectivity index (χ1v) is 4.47. The minimum atomic E-state index is -0.749. The summed E-state index contributed by atoms with van der Waals surface area (Å²) in [5, 5.41) is 11.7. The van der Waals surface area contributed by atoms with Gasteiger partial charge in [0, 0.05) is 5.92 Å². The van der Waals surface area contributed by atoms with Crippen LogP contribution >= 0.6 is 0 Å². The van der Waals surface area contributed by atoms with Crippen LogP contribution in [0.1, 0.15) is 20.8 Å². The van der Waals surface area contributed by atoms with Crippen molar-refractivity contribution in [2.45, 2.75) is 32.9 Å². The van der Waals surface area contributed by atoms with Gasteiger partial charge < -0.3 is 10.4 Å². The largest absolute Gasteiger partial charge is 0.392 e. The molecule has 0 radical (unpaired) electrons. The first kappa shape index (κ1) is 10.2. The molecule has 1 aliphatic heterocycles. The third-order valence-electron chi connectivity index (χ3n) is 2.35. The van der Waals surface area contributed by atoms with Crippen LogP contribution < -0.4 is 5.32 Å². The van der Waals surface area contributed by atoms with Gasteiger partial charge in [-0.05, 0) is 6.92 Å². The Kier molecular flexibility index (Phi) is 2.71. The number of hydrogen-bond donors (Lipinski definition) is 2. The first-order valence-electron chi connectivity index (χ1n) is 4.47. The monoisotopic (exact) mass is 185 g/mol. The van der Waals surface area contributed by atoms with Crippen molar-refractivity contribution in [2.24, 2.45) is 11.8 Å². The predicted molar refractivity (Wildman–Crippen MR) is 46.9 cm³/mol. The second kappa shape index (κ2) is 3.46. The van der Waals surface area contributed by atoms with Gasteiger partial charge in [-0.2, -0.15) is 0 Å². The number of aliphatic hydroxyl groups is 1. The molecule has 0 saturated carbocycles. The fourth-order valence-corrected chi connectivity index (χ4v) is 1.50. The highest BCUT2D eigenvalue weighted by Gasteiger charge is 2.46. The number of amides is 1. The highest BCUT2D eigenvalue weighted by molar-refractivity contribution is 6.01. The minimum Gasteiger partial charge on any atom is -0.392 e. The summed E-state index contributed by atoms with van der Waals surface area (Å²) in [6, 6.07) is -0.479. The summed E-state index contributed by atoms with van der Waals surface area (Å²) in [6.45, 7) is 5.10. The van der Waals surface area contributed by atoms with Gasteiger partial charge in [0.2, 0.25) is 5.91 Å². The zero-order valence-electron chi connectivity index (χ0n) is 8.07. The van der Waals surface area contributed by atoms with E-state index in [0.717, 1.165) is 0 Å². The van der Waals surface area contributed by atoms with Gasteiger partial charge in [-0.3, -0.25) is 9.59 Å². The standard InChI is InChI=1S/C9H15NO3/c1-4(2)8(12)7-6(5(3)11)9(13)10-7/h4-7,11H,1-3H3,(H,10,13). The van der Waals surface area contributed by atoms with E-state index in [-0.39, 0.29) is 17.6 Å². The van der Waals surface area contributed by atoms with Crippen LogP contribution in [0.15, 0.2) is 0 Å². The molecule has 2 N–H and O–H groups in total. The van der Waals surface area contributed by atoms with Crippen LogP contribution in [0.5, 0.6) is 0 Å². The molecular formula is C9H15NO3. The van der Waals surface area contributed by atoms with Gasteiger partial charge in [0.05, 0.1) is 12.0 Å². The van der Waals surface area contributed by atoms with Gasteiger partial charge >= 0.3 is 0 Å². The molecule has 4 heteroatoms. The van der Waals surface area contributed by atoms with Crippen LogP contribution in [0, 0.1) is 11.8 Å². The Morgan fingerprint density at radius 3 is 2.31 bits per heavy atom. The predicted octanol–water partition coefficient (Wildman–Crippen LogP) is -0.293. The maximum absolute atomic E-state index is 11.5.